The Balaban J connectivity index is 2.70. The van der Waals surface area contributed by atoms with E-state index in [9.17, 15) is 13.2 Å². The first-order chi connectivity index (χ1) is 10.3. The van der Waals surface area contributed by atoms with Crippen molar-refractivity contribution < 1.29 is 13.2 Å². The zero-order chi connectivity index (χ0) is 16.6. The Morgan fingerprint density at radius 3 is 2.36 bits per heavy atom. The molecule has 1 aromatic carbocycles. The van der Waals surface area contributed by atoms with Crippen molar-refractivity contribution in [2.45, 2.75) is 50.9 Å². The summed E-state index contributed by atoms with van der Waals surface area (Å²) in [5.41, 5.74) is 1.34. The molecule has 0 aromatic heterocycles. The van der Waals surface area contributed by atoms with E-state index >= 15 is 0 Å². The molecule has 22 heavy (non-hydrogen) atoms. The molecule has 1 rings (SSSR count). The summed E-state index contributed by atoms with van der Waals surface area (Å²) in [5, 5.41) is 0.818. The lowest BCUT2D eigenvalue weighted by atomic mass is 10.2. The van der Waals surface area contributed by atoms with Crippen molar-refractivity contribution >= 4 is 24.9 Å². The van der Waals surface area contributed by atoms with Crippen LogP contribution in [0.3, 0.4) is 0 Å². The molecule has 0 saturated carbocycles. The zero-order valence-electron chi connectivity index (χ0n) is 13.1. The molecule has 0 spiro atoms. The molecule has 1 aromatic rings. The highest BCUT2D eigenvalue weighted by molar-refractivity contribution is 6.94. The Morgan fingerprint density at radius 1 is 1.14 bits per heavy atom. The van der Waals surface area contributed by atoms with Crippen LogP contribution in [-0.2, 0) is 6.18 Å². The largest absolute Gasteiger partial charge is 0.416 e. The van der Waals surface area contributed by atoms with Gasteiger partial charge in [0, 0.05) is 5.88 Å². The Morgan fingerprint density at radius 2 is 1.77 bits per heavy atom. The Labute approximate surface area is 137 Å². The maximum Gasteiger partial charge on any atom is 0.416 e. The first-order valence-electron chi connectivity index (χ1n) is 7.71. The molecule has 0 aliphatic rings. The Bertz CT molecular complexity index is 473. The van der Waals surface area contributed by atoms with E-state index < -0.39 is 19.8 Å². The smallest absolute Gasteiger partial charge is 0.166 e. The lowest BCUT2D eigenvalue weighted by Gasteiger charge is -2.25. The standard InChI is InChI=1S/C17H24ClF3Si/c1-3-22(2,13-8-6-4-5-7-12-18)16-11-9-10-15(14-16)17(19,20)21/h3,9-11,14H,1,4-8,12-13H2,2H3. The fourth-order valence-electron chi connectivity index (χ4n) is 2.53. The third-order valence-corrected chi connectivity index (χ3v) is 8.32. The van der Waals surface area contributed by atoms with Crippen LogP contribution in [0.4, 0.5) is 13.2 Å². The third kappa shape index (κ3) is 5.80. The minimum Gasteiger partial charge on any atom is -0.166 e. The third-order valence-electron chi connectivity index (χ3n) is 4.13. The average molecular weight is 349 g/mol. The van der Waals surface area contributed by atoms with E-state index in [4.69, 9.17) is 11.6 Å². The monoisotopic (exact) mass is 348 g/mol. The summed E-state index contributed by atoms with van der Waals surface area (Å²) in [6.07, 6.45) is 1.15. The molecule has 0 aliphatic heterocycles. The van der Waals surface area contributed by atoms with Crippen LogP contribution in [0.1, 0.15) is 37.7 Å². The van der Waals surface area contributed by atoms with Gasteiger partial charge in [-0.3, -0.25) is 0 Å². The number of hydrogen-bond donors (Lipinski definition) is 0. The van der Waals surface area contributed by atoms with Crippen LogP contribution in [0.25, 0.3) is 0 Å². The summed E-state index contributed by atoms with van der Waals surface area (Å²) in [6.45, 7) is 5.98. The lowest BCUT2D eigenvalue weighted by molar-refractivity contribution is -0.137. The molecule has 0 fully saturated rings. The highest BCUT2D eigenvalue weighted by atomic mass is 35.5. The molecule has 0 N–H and O–H groups in total. The number of rotatable bonds is 9. The van der Waals surface area contributed by atoms with Gasteiger partial charge in [0.1, 0.15) is 8.07 Å². The van der Waals surface area contributed by atoms with Gasteiger partial charge in [-0.1, -0.05) is 73.4 Å². The molecule has 0 aliphatic carbocycles. The summed E-state index contributed by atoms with van der Waals surface area (Å²) in [6, 6.07) is 6.71. The molecule has 1 unspecified atom stereocenters. The van der Waals surface area contributed by atoms with Crippen molar-refractivity contribution in [2.75, 3.05) is 5.88 Å². The van der Waals surface area contributed by atoms with Gasteiger partial charge in [-0.15, -0.1) is 18.2 Å². The van der Waals surface area contributed by atoms with E-state index in [1.54, 1.807) is 0 Å². The van der Waals surface area contributed by atoms with E-state index in [0.717, 1.165) is 49.4 Å². The van der Waals surface area contributed by atoms with Crippen LogP contribution >= 0.6 is 11.6 Å². The van der Waals surface area contributed by atoms with Crippen LogP contribution in [0, 0.1) is 0 Å². The van der Waals surface area contributed by atoms with Gasteiger partial charge in [-0.05, 0) is 6.42 Å². The molecule has 124 valence electrons. The second-order valence-electron chi connectivity index (χ2n) is 5.91. The summed E-state index contributed by atoms with van der Waals surface area (Å²) in [4.78, 5) is 0. The molecular weight excluding hydrogens is 325 g/mol. The predicted molar refractivity (Wildman–Crippen MR) is 91.5 cm³/mol. The normalized spacial score (nSPS) is 14.6. The fourth-order valence-corrected chi connectivity index (χ4v) is 5.40. The summed E-state index contributed by atoms with van der Waals surface area (Å²) in [7, 11) is -2.04. The maximum absolute atomic E-state index is 12.9. The molecule has 0 nitrogen and oxygen atoms in total. The highest BCUT2D eigenvalue weighted by Gasteiger charge is 2.33. The van der Waals surface area contributed by atoms with E-state index in [1.165, 1.54) is 12.1 Å². The topological polar surface area (TPSA) is 0 Å². The molecule has 0 radical (unpaired) electrons. The van der Waals surface area contributed by atoms with Crippen molar-refractivity contribution in [2.24, 2.45) is 0 Å². The van der Waals surface area contributed by atoms with Crippen molar-refractivity contribution in [3.05, 3.63) is 42.1 Å². The van der Waals surface area contributed by atoms with E-state index in [1.807, 2.05) is 11.8 Å². The van der Waals surface area contributed by atoms with Gasteiger partial charge in [0.2, 0.25) is 0 Å². The SMILES string of the molecule is C=C[Si](C)(CCCCCCCCl)c1cccc(C(F)(F)F)c1. The van der Waals surface area contributed by atoms with Gasteiger partial charge in [0.25, 0.3) is 0 Å². The summed E-state index contributed by atoms with van der Waals surface area (Å²) < 4.78 is 38.6. The molecule has 1 atom stereocenters. The highest BCUT2D eigenvalue weighted by Crippen LogP contribution is 2.29. The van der Waals surface area contributed by atoms with Gasteiger partial charge in [-0.2, -0.15) is 13.2 Å². The van der Waals surface area contributed by atoms with E-state index in [0.29, 0.717) is 5.88 Å². The van der Waals surface area contributed by atoms with Gasteiger partial charge in [0.15, 0.2) is 0 Å². The average Bonchev–Trinajstić information content (AvgIpc) is 2.50. The molecule has 0 bridgehead atoms. The molecule has 5 heteroatoms. The van der Waals surface area contributed by atoms with Crippen molar-refractivity contribution in [3.8, 4) is 0 Å². The van der Waals surface area contributed by atoms with E-state index in [2.05, 4.69) is 13.1 Å². The van der Waals surface area contributed by atoms with Crippen LogP contribution in [0.5, 0.6) is 0 Å². The van der Waals surface area contributed by atoms with Crippen LogP contribution < -0.4 is 5.19 Å². The van der Waals surface area contributed by atoms with Crippen molar-refractivity contribution in [1.29, 1.82) is 0 Å². The first-order valence-corrected chi connectivity index (χ1v) is 11.0. The minimum absolute atomic E-state index is 0.562. The van der Waals surface area contributed by atoms with Crippen molar-refractivity contribution in [1.82, 2.24) is 0 Å². The summed E-state index contributed by atoms with van der Waals surface area (Å²) >= 11 is 5.64. The molecular formula is C17H24ClF3Si. The second kappa shape index (κ2) is 8.78. The Hall–Kier alpha value is -0.743. The van der Waals surface area contributed by atoms with Crippen LogP contribution in [0.2, 0.25) is 12.6 Å². The molecule has 0 saturated heterocycles. The maximum atomic E-state index is 12.9. The van der Waals surface area contributed by atoms with Gasteiger partial charge < -0.3 is 0 Å². The molecule has 0 amide bonds. The fraction of sp³-hybridized carbons (Fsp3) is 0.529. The number of alkyl halides is 4. The molecule has 0 heterocycles. The minimum atomic E-state index is -4.28. The van der Waals surface area contributed by atoms with Gasteiger partial charge in [0.05, 0.1) is 5.56 Å². The van der Waals surface area contributed by atoms with Crippen molar-refractivity contribution in [3.63, 3.8) is 0 Å². The number of unbranched alkanes of at least 4 members (excludes halogenated alkanes) is 4. The zero-order valence-corrected chi connectivity index (χ0v) is 14.8. The number of halogens is 4. The van der Waals surface area contributed by atoms with Gasteiger partial charge in [-0.25, -0.2) is 0 Å². The lowest BCUT2D eigenvalue weighted by Crippen LogP contribution is -2.43. The number of hydrogen-bond acceptors (Lipinski definition) is 0. The Kier molecular flexibility index (Phi) is 7.70. The number of benzene rings is 1. The predicted octanol–water partition coefficient (Wildman–Crippen LogP) is 5.91. The van der Waals surface area contributed by atoms with Crippen LogP contribution in [-0.4, -0.2) is 14.0 Å². The van der Waals surface area contributed by atoms with E-state index in [-0.39, 0.29) is 0 Å². The van der Waals surface area contributed by atoms with Crippen LogP contribution in [0.15, 0.2) is 36.5 Å². The second-order valence-corrected chi connectivity index (χ2v) is 10.6. The van der Waals surface area contributed by atoms with Gasteiger partial charge >= 0.3 is 6.18 Å². The first kappa shape index (κ1) is 19.3. The summed E-state index contributed by atoms with van der Waals surface area (Å²) in [5.74, 6) is 0.698. The quantitative estimate of drug-likeness (QED) is 0.296.